The molecule has 3 heteroatoms. The molecule has 0 radical (unpaired) electrons. The standard InChI is InChI=1S/C21H27NOS/c23-21(13-12-18-9-4-5-10-18)22(17-20-11-6-16-24-20)15-14-19-7-2-1-3-8-19/h1-3,6-8,11,16,18H,4-5,9-10,12-15,17H2. The van der Waals surface area contributed by atoms with E-state index in [0.29, 0.717) is 12.3 Å². The van der Waals surface area contributed by atoms with Crippen LogP contribution in [0.2, 0.25) is 0 Å². The van der Waals surface area contributed by atoms with Crippen molar-refractivity contribution in [2.24, 2.45) is 5.92 Å². The molecule has 24 heavy (non-hydrogen) atoms. The molecule has 3 rings (SSSR count). The van der Waals surface area contributed by atoms with Gasteiger partial charge >= 0.3 is 0 Å². The molecule has 1 aliphatic carbocycles. The van der Waals surface area contributed by atoms with Crippen LogP contribution in [0.5, 0.6) is 0 Å². The maximum atomic E-state index is 12.8. The molecule has 0 saturated heterocycles. The summed E-state index contributed by atoms with van der Waals surface area (Å²) in [6.07, 6.45) is 8.07. The molecule has 1 aromatic carbocycles. The minimum absolute atomic E-state index is 0.325. The number of carbonyl (C=O) groups is 1. The van der Waals surface area contributed by atoms with E-state index in [1.165, 1.54) is 36.1 Å². The molecule has 0 atom stereocenters. The molecule has 1 amide bonds. The van der Waals surface area contributed by atoms with Gasteiger partial charge in [-0.05, 0) is 35.8 Å². The zero-order valence-corrected chi connectivity index (χ0v) is 15.1. The highest BCUT2D eigenvalue weighted by Crippen LogP contribution is 2.29. The maximum absolute atomic E-state index is 12.8. The van der Waals surface area contributed by atoms with Gasteiger partial charge in [0.25, 0.3) is 0 Å². The molecule has 0 aliphatic heterocycles. The van der Waals surface area contributed by atoms with Crippen LogP contribution in [0.4, 0.5) is 0 Å². The van der Waals surface area contributed by atoms with Crippen molar-refractivity contribution in [1.29, 1.82) is 0 Å². The molecule has 1 aromatic heterocycles. The summed E-state index contributed by atoms with van der Waals surface area (Å²) in [6.45, 7) is 1.57. The highest BCUT2D eigenvalue weighted by atomic mass is 32.1. The topological polar surface area (TPSA) is 20.3 Å². The monoisotopic (exact) mass is 341 g/mol. The molecule has 1 saturated carbocycles. The Morgan fingerprint density at radius 2 is 1.88 bits per heavy atom. The third-order valence-corrected chi connectivity index (χ3v) is 5.90. The molecule has 0 bridgehead atoms. The fourth-order valence-corrected chi connectivity index (χ4v) is 4.30. The van der Waals surface area contributed by atoms with Crippen molar-refractivity contribution in [3.8, 4) is 0 Å². The van der Waals surface area contributed by atoms with Gasteiger partial charge in [-0.1, -0.05) is 62.1 Å². The third-order valence-electron chi connectivity index (χ3n) is 5.03. The summed E-state index contributed by atoms with van der Waals surface area (Å²) >= 11 is 1.74. The number of amides is 1. The molecule has 0 N–H and O–H groups in total. The number of benzene rings is 1. The molecular weight excluding hydrogens is 314 g/mol. The summed E-state index contributed by atoms with van der Waals surface area (Å²) in [5.41, 5.74) is 1.30. The van der Waals surface area contributed by atoms with E-state index < -0.39 is 0 Å². The normalized spacial score (nSPS) is 14.8. The third kappa shape index (κ3) is 5.20. The Balaban J connectivity index is 1.56. The first-order valence-corrected chi connectivity index (χ1v) is 10.0. The van der Waals surface area contributed by atoms with Crippen molar-refractivity contribution in [1.82, 2.24) is 4.90 Å². The average Bonchev–Trinajstić information content (AvgIpc) is 3.31. The quantitative estimate of drug-likeness (QED) is 0.639. The Hall–Kier alpha value is -1.61. The highest BCUT2D eigenvalue weighted by molar-refractivity contribution is 7.09. The largest absolute Gasteiger partial charge is 0.337 e. The first-order chi connectivity index (χ1) is 11.8. The van der Waals surface area contributed by atoms with E-state index in [1.807, 2.05) is 6.07 Å². The molecule has 1 aliphatic rings. The molecule has 2 aromatic rings. The van der Waals surface area contributed by atoms with Crippen LogP contribution in [-0.2, 0) is 17.8 Å². The lowest BCUT2D eigenvalue weighted by atomic mass is 10.0. The summed E-state index contributed by atoms with van der Waals surface area (Å²) in [6, 6.07) is 14.7. The van der Waals surface area contributed by atoms with Crippen molar-refractivity contribution in [3.05, 3.63) is 58.3 Å². The SMILES string of the molecule is O=C(CCC1CCCC1)N(CCc1ccccc1)Cc1cccs1. The lowest BCUT2D eigenvalue weighted by Crippen LogP contribution is -2.32. The number of thiophene rings is 1. The minimum atomic E-state index is 0.325. The molecule has 1 heterocycles. The zero-order valence-electron chi connectivity index (χ0n) is 14.3. The molecular formula is C21H27NOS. The number of hydrogen-bond donors (Lipinski definition) is 0. The fraction of sp³-hybridized carbons (Fsp3) is 0.476. The molecule has 2 nitrogen and oxygen atoms in total. The Bertz CT molecular complexity index is 602. The Labute approximate surface area is 149 Å². The lowest BCUT2D eigenvalue weighted by Gasteiger charge is -2.23. The maximum Gasteiger partial charge on any atom is 0.222 e. The predicted octanol–water partition coefficient (Wildman–Crippen LogP) is 5.29. The van der Waals surface area contributed by atoms with Crippen LogP contribution in [0.1, 0.15) is 49.0 Å². The first-order valence-electron chi connectivity index (χ1n) is 9.15. The summed E-state index contributed by atoms with van der Waals surface area (Å²) < 4.78 is 0. The average molecular weight is 342 g/mol. The van der Waals surface area contributed by atoms with Gasteiger partial charge in [-0.15, -0.1) is 11.3 Å². The van der Waals surface area contributed by atoms with Gasteiger partial charge in [0.15, 0.2) is 0 Å². The fourth-order valence-electron chi connectivity index (χ4n) is 3.58. The highest BCUT2D eigenvalue weighted by Gasteiger charge is 2.19. The number of carbonyl (C=O) groups excluding carboxylic acids is 1. The predicted molar refractivity (Wildman–Crippen MR) is 101 cm³/mol. The van der Waals surface area contributed by atoms with Crippen LogP contribution in [0.3, 0.4) is 0 Å². The second kappa shape index (κ2) is 9.03. The Morgan fingerprint density at radius 1 is 1.08 bits per heavy atom. The van der Waals surface area contributed by atoms with Gasteiger partial charge in [0.05, 0.1) is 6.54 Å². The van der Waals surface area contributed by atoms with E-state index >= 15 is 0 Å². The lowest BCUT2D eigenvalue weighted by molar-refractivity contribution is -0.132. The van der Waals surface area contributed by atoms with E-state index in [9.17, 15) is 4.79 Å². The molecule has 128 valence electrons. The van der Waals surface area contributed by atoms with E-state index in [4.69, 9.17) is 0 Å². The van der Waals surface area contributed by atoms with Gasteiger partial charge in [-0.2, -0.15) is 0 Å². The van der Waals surface area contributed by atoms with Crippen LogP contribution in [0.15, 0.2) is 47.8 Å². The van der Waals surface area contributed by atoms with Crippen LogP contribution in [0, 0.1) is 5.92 Å². The van der Waals surface area contributed by atoms with Gasteiger partial charge in [-0.3, -0.25) is 4.79 Å². The van der Waals surface area contributed by atoms with E-state index in [0.717, 1.165) is 31.8 Å². The Kier molecular flexibility index (Phi) is 6.48. The number of hydrogen-bond acceptors (Lipinski definition) is 2. The molecule has 0 spiro atoms. The van der Waals surface area contributed by atoms with E-state index in [1.54, 1.807) is 11.3 Å². The first kappa shape index (κ1) is 17.2. The molecule has 1 fully saturated rings. The van der Waals surface area contributed by atoms with Crippen LogP contribution < -0.4 is 0 Å². The van der Waals surface area contributed by atoms with Crippen LogP contribution >= 0.6 is 11.3 Å². The van der Waals surface area contributed by atoms with E-state index in [2.05, 4.69) is 46.7 Å². The van der Waals surface area contributed by atoms with Crippen LogP contribution in [0.25, 0.3) is 0 Å². The molecule has 0 unspecified atom stereocenters. The van der Waals surface area contributed by atoms with Gasteiger partial charge in [0, 0.05) is 17.8 Å². The number of rotatable bonds is 8. The van der Waals surface area contributed by atoms with Crippen molar-refractivity contribution in [3.63, 3.8) is 0 Å². The second-order valence-electron chi connectivity index (χ2n) is 6.82. The minimum Gasteiger partial charge on any atom is -0.337 e. The van der Waals surface area contributed by atoms with Gasteiger partial charge in [0.1, 0.15) is 0 Å². The number of nitrogens with zero attached hydrogens (tertiary/aromatic N) is 1. The Morgan fingerprint density at radius 3 is 2.58 bits per heavy atom. The van der Waals surface area contributed by atoms with Gasteiger partial charge < -0.3 is 4.90 Å². The van der Waals surface area contributed by atoms with Crippen molar-refractivity contribution >= 4 is 17.2 Å². The second-order valence-corrected chi connectivity index (χ2v) is 7.85. The van der Waals surface area contributed by atoms with Gasteiger partial charge in [-0.25, -0.2) is 0 Å². The van der Waals surface area contributed by atoms with E-state index in [-0.39, 0.29) is 0 Å². The van der Waals surface area contributed by atoms with Crippen molar-refractivity contribution in [2.45, 2.75) is 51.5 Å². The summed E-state index contributed by atoms with van der Waals surface area (Å²) in [7, 11) is 0. The van der Waals surface area contributed by atoms with Gasteiger partial charge in [0.2, 0.25) is 5.91 Å². The summed E-state index contributed by atoms with van der Waals surface area (Å²) in [5, 5.41) is 2.09. The zero-order chi connectivity index (χ0) is 16.6. The van der Waals surface area contributed by atoms with Crippen molar-refractivity contribution < 1.29 is 4.79 Å². The van der Waals surface area contributed by atoms with Crippen LogP contribution in [-0.4, -0.2) is 17.4 Å². The smallest absolute Gasteiger partial charge is 0.222 e. The summed E-state index contributed by atoms with van der Waals surface area (Å²) in [5.74, 6) is 1.11. The van der Waals surface area contributed by atoms with Crippen molar-refractivity contribution in [2.75, 3.05) is 6.54 Å². The summed E-state index contributed by atoms with van der Waals surface area (Å²) in [4.78, 5) is 16.1.